The molecule has 0 fully saturated rings. The normalized spacial score (nSPS) is 10.9. The number of aliphatic hydroxyl groups excluding tert-OH is 1. The minimum Gasteiger partial charge on any atom is -0.481 e. The molecule has 2 N–H and O–H groups in total. The van der Waals surface area contributed by atoms with E-state index in [9.17, 15) is 4.79 Å². The van der Waals surface area contributed by atoms with E-state index < -0.39 is 5.97 Å². The van der Waals surface area contributed by atoms with Crippen molar-refractivity contribution in [3.05, 3.63) is 0 Å². The Morgan fingerprint density at radius 2 is 1.94 bits per heavy atom. The number of rotatable bonds is 11. The van der Waals surface area contributed by atoms with Gasteiger partial charge in [0.05, 0.1) is 6.42 Å². The van der Waals surface area contributed by atoms with E-state index in [1.807, 2.05) is 6.92 Å². The van der Waals surface area contributed by atoms with E-state index in [-0.39, 0.29) is 13.0 Å². The van der Waals surface area contributed by atoms with E-state index >= 15 is 0 Å². The molecule has 0 saturated carbocycles. The van der Waals surface area contributed by atoms with Crippen LogP contribution < -0.4 is 0 Å². The van der Waals surface area contributed by atoms with Crippen molar-refractivity contribution in [1.29, 1.82) is 0 Å². The standard InChI is InChI=1S/C11H23NO4/c1-2-16-10-4-7-12(6-3-9-13)8-5-11(14)15/h13H,2-10H2,1H3,(H,14,15). The van der Waals surface area contributed by atoms with Crippen LogP contribution in [0.2, 0.25) is 0 Å². The van der Waals surface area contributed by atoms with Crippen molar-refractivity contribution in [3.8, 4) is 0 Å². The van der Waals surface area contributed by atoms with Crippen molar-refractivity contribution in [2.45, 2.75) is 26.2 Å². The molecule has 0 bridgehead atoms. The Hall–Kier alpha value is -0.650. The molecule has 0 atom stereocenters. The molecule has 0 radical (unpaired) electrons. The predicted octanol–water partition coefficient (Wildman–Crippen LogP) is 0.572. The fourth-order valence-corrected chi connectivity index (χ4v) is 1.42. The first-order valence-corrected chi connectivity index (χ1v) is 5.83. The Morgan fingerprint density at radius 1 is 1.25 bits per heavy atom. The summed E-state index contributed by atoms with van der Waals surface area (Å²) in [7, 11) is 0. The van der Waals surface area contributed by atoms with Crippen LogP contribution in [-0.2, 0) is 9.53 Å². The summed E-state index contributed by atoms with van der Waals surface area (Å²) in [6.45, 7) is 5.64. The second-order valence-corrected chi connectivity index (χ2v) is 3.61. The summed E-state index contributed by atoms with van der Waals surface area (Å²) in [5, 5.41) is 17.3. The third-order valence-corrected chi connectivity index (χ3v) is 2.24. The highest BCUT2D eigenvalue weighted by atomic mass is 16.5. The number of carboxylic acid groups (broad SMARTS) is 1. The molecular weight excluding hydrogens is 210 g/mol. The van der Waals surface area contributed by atoms with Gasteiger partial charge in [0, 0.05) is 39.5 Å². The zero-order chi connectivity index (χ0) is 12.2. The number of carbonyl (C=O) groups is 1. The van der Waals surface area contributed by atoms with Crippen molar-refractivity contribution in [3.63, 3.8) is 0 Å². The van der Waals surface area contributed by atoms with Crippen LogP contribution in [0, 0.1) is 0 Å². The van der Waals surface area contributed by atoms with Crippen LogP contribution in [-0.4, -0.2) is 60.5 Å². The smallest absolute Gasteiger partial charge is 0.304 e. The average molecular weight is 233 g/mol. The SMILES string of the molecule is CCOCCCN(CCCO)CCC(=O)O. The van der Waals surface area contributed by atoms with Gasteiger partial charge in [-0.05, 0) is 19.8 Å². The van der Waals surface area contributed by atoms with Crippen LogP contribution in [0.1, 0.15) is 26.2 Å². The van der Waals surface area contributed by atoms with Crippen molar-refractivity contribution in [2.24, 2.45) is 0 Å². The van der Waals surface area contributed by atoms with Crippen LogP contribution in [0.15, 0.2) is 0 Å². The minimum atomic E-state index is -0.779. The molecule has 0 unspecified atom stereocenters. The highest BCUT2D eigenvalue weighted by Crippen LogP contribution is 1.97. The third-order valence-electron chi connectivity index (χ3n) is 2.24. The Labute approximate surface area is 97.0 Å². The number of nitrogens with zero attached hydrogens (tertiary/aromatic N) is 1. The molecule has 96 valence electrons. The highest BCUT2D eigenvalue weighted by Gasteiger charge is 2.06. The van der Waals surface area contributed by atoms with Gasteiger partial charge in [-0.2, -0.15) is 0 Å². The first-order chi connectivity index (χ1) is 7.70. The van der Waals surface area contributed by atoms with Crippen LogP contribution in [0.5, 0.6) is 0 Å². The third kappa shape index (κ3) is 9.89. The van der Waals surface area contributed by atoms with Gasteiger partial charge in [0.25, 0.3) is 0 Å². The lowest BCUT2D eigenvalue weighted by atomic mass is 10.3. The molecule has 0 spiro atoms. The average Bonchev–Trinajstić information content (AvgIpc) is 2.26. The maximum atomic E-state index is 10.5. The molecule has 0 aromatic carbocycles. The van der Waals surface area contributed by atoms with Gasteiger partial charge in [-0.1, -0.05) is 0 Å². The molecule has 0 aliphatic carbocycles. The lowest BCUT2D eigenvalue weighted by Crippen LogP contribution is -2.29. The fourth-order valence-electron chi connectivity index (χ4n) is 1.42. The number of hydrogen-bond donors (Lipinski definition) is 2. The van der Waals surface area contributed by atoms with Crippen molar-refractivity contribution in [1.82, 2.24) is 4.90 Å². The number of carboxylic acids is 1. The minimum absolute atomic E-state index is 0.148. The molecule has 0 aliphatic heterocycles. The largest absolute Gasteiger partial charge is 0.481 e. The van der Waals surface area contributed by atoms with E-state index in [0.717, 1.165) is 19.5 Å². The maximum Gasteiger partial charge on any atom is 0.304 e. The van der Waals surface area contributed by atoms with Gasteiger partial charge < -0.3 is 19.8 Å². The zero-order valence-corrected chi connectivity index (χ0v) is 10.0. The first-order valence-electron chi connectivity index (χ1n) is 5.83. The summed E-state index contributed by atoms with van der Waals surface area (Å²) in [6, 6.07) is 0. The highest BCUT2D eigenvalue weighted by molar-refractivity contribution is 5.66. The topological polar surface area (TPSA) is 70.0 Å². The Morgan fingerprint density at radius 3 is 2.50 bits per heavy atom. The first kappa shape index (κ1) is 15.3. The molecule has 0 saturated heterocycles. The second-order valence-electron chi connectivity index (χ2n) is 3.61. The van der Waals surface area contributed by atoms with Gasteiger partial charge in [0.1, 0.15) is 0 Å². The van der Waals surface area contributed by atoms with Gasteiger partial charge in [0.2, 0.25) is 0 Å². The molecule has 0 aliphatic rings. The molecule has 5 heteroatoms. The fraction of sp³-hybridized carbons (Fsp3) is 0.909. The summed E-state index contributed by atoms with van der Waals surface area (Å²) in [5.41, 5.74) is 0. The lowest BCUT2D eigenvalue weighted by molar-refractivity contribution is -0.137. The zero-order valence-electron chi connectivity index (χ0n) is 10.0. The molecule has 0 aromatic rings. The Bertz CT molecular complexity index is 175. The molecular formula is C11H23NO4. The van der Waals surface area contributed by atoms with E-state index in [4.69, 9.17) is 14.9 Å². The van der Waals surface area contributed by atoms with Gasteiger partial charge >= 0.3 is 5.97 Å². The van der Waals surface area contributed by atoms with E-state index in [0.29, 0.717) is 26.2 Å². The van der Waals surface area contributed by atoms with Crippen molar-refractivity contribution in [2.75, 3.05) is 39.5 Å². The lowest BCUT2D eigenvalue weighted by Gasteiger charge is -2.20. The maximum absolute atomic E-state index is 10.5. The molecule has 0 rings (SSSR count). The monoisotopic (exact) mass is 233 g/mol. The molecule has 5 nitrogen and oxygen atoms in total. The van der Waals surface area contributed by atoms with Crippen LogP contribution in [0.3, 0.4) is 0 Å². The Balaban J connectivity index is 3.66. The summed E-state index contributed by atoms with van der Waals surface area (Å²) < 4.78 is 5.22. The summed E-state index contributed by atoms with van der Waals surface area (Å²) in [4.78, 5) is 12.5. The number of aliphatic hydroxyl groups is 1. The van der Waals surface area contributed by atoms with Crippen LogP contribution in [0.4, 0.5) is 0 Å². The van der Waals surface area contributed by atoms with Crippen molar-refractivity contribution < 1.29 is 19.7 Å². The number of ether oxygens (including phenoxy) is 1. The molecule has 0 heterocycles. The van der Waals surface area contributed by atoms with Gasteiger partial charge in [-0.3, -0.25) is 4.79 Å². The molecule has 0 amide bonds. The quantitative estimate of drug-likeness (QED) is 0.511. The Kier molecular flexibility index (Phi) is 10.4. The second kappa shape index (κ2) is 10.9. The summed E-state index contributed by atoms with van der Waals surface area (Å²) in [6.07, 6.45) is 1.74. The van der Waals surface area contributed by atoms with Gasteiger partial charge in [0.15, 0.2) is 0 Å². The van der Waals surface area contributed by atoms with Crippen LogP contribution >= 0.6 is 0 Å². The number of hydrogen-bond acceptors (Lipinski definition) is 4. The van der Waals surface area contributed by atoms with Crippen LogP contribution in [0.25, 0.3) is 0 Å². The summed E-state index contributed by atoms with van der Waals surface area (Å²) >= 11 is 0. The number of aliphatic carboxylic acids is 1. The van der Waals surface area contributed by atoms with E-state index in [1.54, 1.807) is 0 Å². The molecule has 16 heavy (non-hydrogen) atoms. The van der Waals surface area contributed by atoms with Gasteiger partial charge in [-0.15, -0.1) is 0 Å². The summed E-state index contributed by atoms with van der Waals surface area (Å²) in [5.74, 6) is -0.779. The van der Waals surface area contributed by atoms with Crippen molar-refractivity contribution >= 4 is 5.97 Å². The van der Waals surface area contributed by atoms with E-state index in [2.05, 4.69) is 4.90 Å². The van der Waals surface area contributed by atoms with E-state index in [1.165, 1.54) is 0 Å². The molecule has 0 aromatic heterocycles. The predicted molar refractivity (Wildman–Crippen MR) is 61.5 cm³/mol. The van der Waals surface area contributed by atoms with Gasteiger partial charge in [-0.25, -0.2) is 0 Å².